The van der Waals surface area contributed by atoms with Crippen molar-refractivity contribution in [1.29, 1.82) is 0 Å². The average molecular weight is 529 g/mol. The number of thioether (sulfide) groups is 1. The first-order valence-electron chi connectivity index (χ1n) is 13.5. The number of aromatic nitrogens is 4. The van der Waals surface area contributed by atoms with Crippen LogP contribution in [0.2, 0.25) is 0 Å². The predicted octanol–water partition coefficient (Wildman–Crippen LogP) is 3.49. The first kappa shape index (κ1) is 25.2. The molecule has 2 aliphatic carbocycles. The molecule has 0 bridgehead atoms. The van der Waals surface area contributed by atoms with Gasteiger partial charge in [0.2, 0.25) is 0 Å². The van der Waals surface area contributed by atoms with Gasteiger partial charge in [-0.05, 0) is 58.4 Å². The summed E-state index contributed by atoms with van der Waals surface area (Å²) in [6.45, 7) is 2.84. The van der Waals surface area contributed by atoms with Crippen molar-refractivity contribution in [3.05, 3.63) is 12.0 Å². The fraction of sp³-hybridized carbons (Fsp3) is 0.731. The highest BCUT2D eigenvalue weighted by Crippen LogP contribution is 2.56. The zero-order valence-electron chi connectivity index (χ0n) is 21.7. The van der Waals surface area contributed by atoms with Gasteiger partial charge >= 0.3 is 0 Å². The average Bonchev–Trinajstić information content (AvgIpc) is 3.65. The molecule has 4 heterocycles. The van der Waals surface area contributed by atoms with Crippen LogP contribution in [0.25, 0.3) is 11.0 Å². The second-order valence-corrected chi connectivity index (χ2v) is 11.7. The van der Waals surface area contributed by atoms with Crippen LogP contribution in [0.5, 0.6) is 0 Å². The Morgan fingerprint density at radius 1 is 1.16 bits per heavy atom. The quantitative estimate of drug-likeness (QED) is 0.205. The summed E-state index contributed by atoms with van der Waals surface area (Å²) in [6.07, 6.45) is 11.7. The van der Waals surface area contributed by atoms with Crippen molar-refractivity contribution in [3.8, 4) is 0 Å². The van der Waals surface area contributed by atoms with Crippen LogP contribution in [-0.2, 0) is 20.8 Å². The van der Waals surface area contributed by atoms with Crippen molar-refractivity contribution in [1.82, 2.24) is 24.6 Å². The molecule has 2 saturated heterocycles. The molecule has 0 amide bonds. The zero-order chi connectivity index (χ0) is 25.6. The molecular weight excluding hydrogens is 492 g/mol. The summed E-state index contributed by atoms with van der Waals surface area (Å²) in [5.74, 6) is -1.12. The summed E-state index contributed by atoms with van der Waals surface area (Å²) < 4.78 is 14.3. The standard InChI is InChI=1S/C26H36N6O4S/c1-31-12-6-7-17(31)16-32-23-19(15-27-32)24(37-2)29-22(28-23)20(30-34)18-8-5-10-25(21(18)33)9-3-4-11-26(25)35-13-14-36-26/h15,17-18,34H,3-14,16H2,1-2H3/b30-20-/t17-,18?,25-/m0/s1. The Morgan fingerprint density at radius 3 is 2.68 bits per heavy atom. The van der Waals surface area contributed by atoms with Gasteiger partial charge in [-0.3, -0.25) is 4.79 Å². The summed E-state index contributed by atoms with van der Waals surface area (Å²) >= 11 is 1.50. The SMILES string of the molecule is CSc1nc(/C(=N\O)C2CCC[C@@]3(CCCCC34OCCO4)C2=O)nc2c1cnn2C[C@@H]1CCCN1C. The van der Waals surface area contributed by atoms with Gasteiger partial charge in [-0.25, -0.2) is 14.6 Å². The highest BCUT2D eigenvalue weighted by Gasteiger charge is 2.63. The highest BCUT2D eigenvalue weighted by atomic mass is 32.2. The minimum absolute atomic E-state index is 0.0450. The molecule has 11 heteroatoms. The summed E-state index contributed by atoms with van der Waals surface area (Å²) in [7, 11) is 2.15. The van der Waals surface area contributed by atoms with Crippen molar-refractivity contribution < 1.29 is 19.5 Å². The molecule has 1 unspecified atom stereocenters. The zero-order valence-corrected chi connectivity index (χ0v) is 22.5. The van der Waals surface area contributed by atoms with Crippen LogP contribution in [0.4, 0.5) is 0 Å². The number of ketones is 1. The molecular formula is C26H36N6O4S. The third kappa shape index (κ3) is 4.00. The van der Waals surface area contributed by atoms with E-state index in [2.05, 4.69) is 22.2 Å². The Labute approximate surface area is 221 Å². The maximum absolute atomic E-state index is 14.3. The smallest absolute Gasteiger partial charge is 0.181 e. The largest absolute Gasteiger partial charge is 0.411 e. The van der Waals surface area contributed by atoms with Gasteiger partial charge in [-0.2, -0.15) is 5.10 Å². The van der Waals surface area contributed by atoms with Gasteiger partial charge in [0.1, 0.15) is 10.7 Å². The Balaban J connectivity index is 1.37. The summed E-state index contributed by atoms with van der Waals surface area (Å²) in [5.41, 5.74) is 0.234. The minimum atomic E-state index is -0.858. The lowest BCUT2D eigenvalue weighted by Gasteiger charge is -2.52. The number of likely N-dealkylation sites (N-methyl/N-ethyl adjacent to an activating group) is 1. The van der Waals surface area contributed by atoms with Gasteiger partial charge in [0, 0.05) is 12.5 Å². The van der Waals surface area contributed by atoms with Crippen LogP contribution in [0.1, 0.15) is 63.6 Å². The van der Waals surface area contributed by atoms with Crippen LogP contribution in [0, 0.1) is 11.3 Å². The van der Waals surface area contributed by atoms with Crippen LogP contribution >= 0.6 is 11.8 Å². The highest BCUT2D eigenvalue weighted by molar-refractivity contribution is 7.98. The maximum atomic E-state index is 14.3. The fourth-order valence-corrected chi connectivity index (χ4v) is 7.73. The molecule has 1 N–H and O–H groups in total. The number of carbonyl (C=O) groups excluding carboxylic acids is 1. The fourth-order valence-electron chi connectivity index (χ4n) is 7.19. The van der Waals surface area contributed by atoms with E-state index in [1.807, 2.05) is 17.1 Å². The van der Waals surface area contributed by atoms with E-state index in [9.17, 15) is 10.0 Å². The molecule has 2 aromatic rings. The lowest BCUT2D eigenvalue weighted by atomic mass is 9.57. The molecule has 200 valence electrons. The number of ether oxygens (including phenoxy) is 2. The number of oxime groups is 1. The Morgan fingerprint density at radius 2 is 1.95 bits per heavy atom. The number of hydrogen-bond acceptors (Lipinski definition) is 10. The molecule has 2 aromatic heterocycles. The molecule has 4 aliphatic rings. The van der Waals surface area contributed by atoms with Crippen LogP contribution in [0.3, 0.4) is 0 Å². The summed E-state index contributed by atoms with van der Waals surface area (Å²) in [6, 6.07) is 0.402. The molecule has 10 nitrogen and oxygen atoms in total. The van der Waals surface area contributed by atoms with E-state index >= 15 is 0 Å². The van der Waals surface area contributed by atoms with Gasteiger partial charge in [-0.1, -0.05) is 18.0 Å². The Bertz CT molecular complexity index is 1210. The van der Waals surface area contributed by atoms with Crippen molar-refractivity contribution in [2.24, 2.45) is 16.5 Å². The number of Topliss-reactive ketones (excluding diaryl/α,β-unsaturated/α-hetero) is 1. The summed E-state index contributed by atoms with van der Waals surface area (Å²) in [5, 5.41) is 20.2. The van der Waals surface area contributed by atoms with Crippen molar-refractivity contribution >= 4 is 34.3 Å². The Kier molecular flexibility index (Phi) is 6.75. The number of rotatable bonds is 5. The minimum Gasteiger partial charge on any atom is -0.411 e. The van der Waals surface area contributed by atoms with Crippen LogP contribution < -0.4 is 0 Å². The van der Waals surface area contributed by atoms with Crippen molar-refractivity contribution in [3.63, 3.8) is 0 Å². The number of nitrogens with zero attached hydrogens (tertiary/aromatic N) is 6. The number of carbonyl (C=O) groups is 1. The summed E-state index contributed by atoms with van der Waals surface area (Å²) in [4.78, 5) is 26.3. The van der Waals surface area contributed by atoms with E-state index in [1.165, 1.54) is 18.2 Å². The third-order valence-corrected chi connectivity index (χ3v) is 9.80. The van der Waals surface area contributed by atoms with E-state index in [1.54, 1.807) is 0 Å². The lowest BCUT2D eigenvalue weighted by Crippen LogP contribution is -2.60. The van der Waals surface area contributed by atoms with Crippen molar-refractivity contribution in [2.45, 2.75) is 81.2 Å². The maximum Gasteiger partial charge on any atom is 0.181 e. The monoisotopic (exact) mass is 528 g/mol. The predicted molar refractivity (Wildman–Crippen MR) is 139 cm³/mol. The Hall–Kier alpha value is -2.08. The number of hydrogen-bond donors (Lipinski definition) is 1. The van der Waals surface area contributed by atoms with Gasteiger partial charge in [-0.15, -0.1) is 11.8 Å². The first-order chi connectivity index (χ1) is 18.0. The van der Waals surface area contributed by atoms with E-state index in [4.69, 9.17) is 19.4 Å². The molecule has 4 fully saturated rings. The normalized spacial score (nSPS) is 30.8. The number of likely N-dealkylation sites (tertiary alicyclic amines) is 1. The van der Waals surface area contributed by atoms with Gasteiger partial charge < -0.3 is 19.6 Å². The van der Waals surface area contributed by atoms with Crippen LogP contribution in [0.15, 0.2) is 16.4 Å². The van der Waals surface area contributed by atoms with E-state index < -0.39 is 17.1 Å². The molecule has 6 rings (SSSR count). The second-order valence-electron chi connectivity index (χ2n) is 10.9. The van der Waals surface area contributed by atoms with Gasteiger partial charge in [0.25, 0.3) is 0 Å². The topological polar surface area (TPSA) is 115 Å². The van der Waals surface area contributed by atoms with Gasteiger partial charge in [0.15, 0.2) is 23.0 Å². The third-order valence-electron chi connectivity index (χ3n) is 9.10. The van der Waals surface area contributed by atoms with Gasteiger partial charge in [0.05, 0.1) is 42.7 Å². The molecule has 2 saturated carbocycles. The molecule has 2 spiro atoms. The molecule has 3 atom stereocenters. The molecule has 37 heavy (non-hydrogen) atoms. The first-order valence-corrected chi connectivity index (χ1v) is 14.8. The molecule has 0 radical (unpaired) electrons. The molecule has 0 aromatic carbocycles. The van der Waals surface area contributed by atoms with E-state index in [-0.39, 0.29) is 11.5 Å². The lowest BCUT2D eigenvalue weighted by molar-refractivity contribution is -0.255. The van der Waals surface area contributed by atoms with Crippen molar-refractivity contribution in [2.75, 3.05) is 33.1 Å². The van der Waals surface area contributed by atoms with E-state index in [0.29, 0.717) is 37.1 Å². The van der Waals surface area contributed by atoms with E-state index in [0.717, 1.165) is 68.4 Å². The number of fused-ring (bicyclic) bond motifs is 2. The molecule has 2 aliphatic heterocycles. The second kappa shape index (κ2) is 9.91. The van der Waals surface area contributed by atoms with Crippen LogP contribution in [-0.4, -0.2) is 86.2 Å².